The van der Waals surface area contributed by atoms with Crippen molar-refractivity contribution in [1.82, 2.24) is 0 Å². The molecule has 0 aromatic heterocycles. The topological polar surface area (TPSA) is 71.3 Å². The molecule has 0 heterocycles. The molecule has 1 N–H and O–H groups in total. The summed E-state index contributed by atoms with van der Waals surface area (Å²) in [5.74, 6) is 0.708. The Hall–Kier alpha value is -3.49. The number of methoxy groups -OCH3 is 2. The van der Waals surface area contributed by atoms with Crippen LogP contribution in [0.25, 0.3) is 11.1 Å². The summed E-state index contributed by atoms with van der Waals surface area (Å²) in [6.45, 7) is 3.67. The molecule has 0 aliphatic rings. The summed E-state index contributed by atoms with van der Waals surface area (Å²) < 4.78 is 10.5. The highest BCUT2D eigenvalue weighted by atomic mass is 35.5. The Morgan fingerprint density at radius 2 is 1.71 bits per heavy atom. The van der Waals surface area contributed by atoms with E-state index in [1.165, 1.54) is 14.2 Å². The normalized spacial score (nSPS) is 10.8. The molecule has 0 saturated heterocycles. The number of anilines is 1. The molecule has 0 bridgehead atoms. The molecular formula is C25H23ClN2O3. The number of carbonyl (C=O) groups excluding carboxylic acids is 1. The number of nitriles is 1. The molecule has 6 heteroatoms. The molecule has 0 atom stereocenters. The molecule has 3 aromatic rings. The van der Waals surface area contributed by atoms with Gasteiger partial charge in [-0.3, -0.25) is 4.79 Å². The van der Waals surface area contributed by atoms with Gasteiger partial charge in [0.1, 0.15) is 0 Å². The fourth-order valence-electron chi connectivity index (χ4n) is 3.14. The van der Waals surface area contributed by atoms with Crippen molar-refractivity contribution in [3.63, 3.8) is 0 Å². The highest BCUT2D eigenvalue weighted by Crippen LogP contribution is 2.33. The fraction of sp³-hybridized carbons (Fsp3) is 0.200. The van der Waals surface area contributed by atoms with Gasteiger partial charge in [-0.15, -0.1) is 0 Å². The molecule has 0 aliphatic carbocycles. The van der Waals surface area contributed by atoms with Gasteiger partial charge in [0.2, 0.25) is 0 Å². The van der Waals surface area contributed by atoms with Crippen LogP contribution in [0.4, 0.5) is 5.69 Å². The van der Waals surface area contributed by atoms with Crippen molar-refractivity contribution < 1.29 is 14.3 Å². The number of ether oxygens (including phenoxy) is 2. The van der Waals surface area contributed by atoms with E-state index in [2.05, 4.69) is 11.4 Å². The minimum absolute atomic E-state index is 0.301. The maximum atomic E-state index is 12.9. The van der Waals surface area contributed by atoms with Crippen molar-refractivity contribution in [2.24, 2.45) is 0 Å². The van der Waals surface area contributed by atoms with Crippen LogP contribution in [-0.4, -0.2) is 20.1 Å². The van der Waals surface area contributed by atoms with Gasteiger partial charge in [0.25, 0.3) is 5.91 Å². The number of nitrogens with one attached hydrogen (secondary N) is 1. The van der Waals surface area contributed by atoms with Gasteiger partial charge in [0.15, 0.2) is 11.5 Å². The van der Waals surface area contributed by atoms with Crippen LogP contribution in [0.1, 0.15) is 29.8 Å². The van der Waals surface area contributed by atoms with Crippen molar-refractivity contribution in [2.45, 2.75) is 19.3 Å². The van der Waals surface area contributed by atoms with E-state index in [1.807, 2.05) is 50.2 Å². The van der Waals surface area contributed by atoms with Crippen molar-refractivity contribution in [2.75, 3.05) is 19.5 Å². The van der Waals surface area contributed by atoms with Gasteiger partial charge in [-0.25, -0.2) is 0 Å². The molecule has 31 heavy (non-hydrogen) atoms. The van der Waals surface area contributed by atoms with E-state index < -0.39 is 5.41 Å². The first-order valence-electron chi connectivity index (χ1n) is 9.63. The number of benzene rings is 3. The van der Waals surface area contributed by atoms with Gasteiger partial charge in [0, 0.05) is 16.3 Å². The zero-order chi connectivity index (χ0) is 22.6. The Kier molecular flexibility index (Phi) is 6.53. The Morgan fingerprint density at radius 3 is 2.35 bits per heavy atom. The number of halogens is 1. The molecule has 3 aromatic carbocycles. The van der Waals surface area contributed by atoms with Crippen molar-refractivity contribution >= 4 is 23.2 Å². The smallest absolute Gasteiger partial charge is 0.255 e. The van der Waals surface area contributed by atoms with Gasteiger partial charge in [-0.1, -0.05) is 23.7 Å². The third-order valence-electron chi connectivity index (χ3n) is 5.00. The van der Waals surface area contributed by atoms with Gasteiger partial charge in [0.05, 0.1) is 25.7 Å². The summed E-state index contributed by atoms with van der Waals surface area (Å²) in [7, 11) is 3.06. The molecule has 158 valence electrons. The average molecular weight is 435 g/mol. The van der Waals surface area contributed by atoms with Gasteiger partial charge >= 0.3 is 0 Å². The minimum Gasteiger partial charge on any atom is -0.493 e. The number of hydrogen-bond acceptors (Lipinski definition) is 4. The number of nitrogens with zero attached hydrogens (tertiary/aromatic N) is 1. The van der Waals surface area contributed by atoms with Crippen LogP contribution in [0.5, 0.6) is 11.5 Å². The second kappa shape index (κ2) is 9.11. The first-order valence-corrected chi connectivity index (χ1v) is 10.0. The van der Waals surface area contributed by atoms with Crippen molar-refractivity contribution in [1.29, 1.82) is 5.26 Å². The standard InChI is InChI=1S/C25H23ClN2O3/c1-25(2,15-27)19-10-18(16-6-5-7-20(26)11-16)12-21(14-19)28-24(29)17-8-9-22(30-3)23(13-17)31-4/h5-14H,1-4H3,(H,28,29). The molecule has 0 aliphatic heterocycles. The SMILES string of the molecule is COc1ccc(C(=O)Nc2cc(-c3cccc(Cl)c3)cc(C(C)(C)C#N)c2)cc1OC. The predicted octanol–water partition coefficient (Wildman–Crippen LogP) is 6.08. The Labute approximate surface area is 187 Å². The van der Waals surface area contributed by atoms with E-state index in [0.29, 0.717) is 27.8 Å². The fourth-order valence-corrected chi connectivity index (χ4v) is 3.33. The lowest BCUT2D eigenvalue weighted by Crippen LogP contribution is -2.16. The summed E-state index contributed by atoms with van der Waals surface area (Å²) in [6, 6.07) is 20.4. The highest BCUT2D eigenvalue weighted by Gasteiger charge is 2.22. The summed E-state index contributed by atoms with van der Waals surface area (Å²) in [5, 5.41) is 13.2. The van der Waals surface area contributed by atoms with Crippen LogP contribution in [-0.2, 0) is 5.41 Å². The third-order valence-corrected chi connectivity index (χ3v) is 5.23. The van der Waals surface area contributed by atoms with Crippen molar-refractivity contribution in [3.8, 4) is 28.7 Å². The monoisotopic (exact) mass is 434 g/mol. The molecule has 1 amide bonds. The quantitative estimate of drug-likeness (QED) is 0.510. The van der Waals surface area contributed by atoms with Gasteiger partial charge in [-0.2, -0.15) is 5.26 Å². The van der Waals surface area contributed by atoms with Gasteiger partial charge in [-0.05, 0) is 79.1 Å². The van der Waals surface area contributed by atoms with E-state index in [9.17, 15) is 10.1 Å². The molecule has 0 unspecified atom stereocenters. The van der Waals surface area contributed by atoms with Crippen LogP contribution in [0.3, 0.4) is 0 Å². The van der Waals surface area contributed by atoms with Crippen LogP contribution >= 0.6 is 11.6 Å². The van der Waals surface area contributed by atoms with E-state index in [4.69, 9.17) is 21.1 Å². The molecule has 0 radical (unpaired) electrons. The predicted molar refractivity (Wildman–Crippen MR) is 123 cm³/mol. The molecule has 0 fully saturated rings. The molecule has 3 rings (SSSR count). The Balaban J connectivity index is 2.02. The van der Waals surface area contributed by atoms with Crippen LogP contribution in [0, 0.1) is 11.3 Å². The minimum atomic E-state index is -0.739. The second-order valence-corrected chi connectivity index (χ2v) is 8.01. The molecule has 0 spiro atoms. The first-order chi connectivity index (χ1) is 14.8. The summed E-state index contributed by atoms with van der Waals surface area (Å²) in [6.07, 6.45) is 0. The second-order valence-electron chi connectivity index (χ2n) is 7.57. The number of hydrogen-bond donors (Lipinski definition) is 1. The summed E-state index contributed by atoms with van der Waals surface area (Å²) in [4.78, 5) is 12.9. The van der Waals surface area contributed by atoms with E-state index >= 15 is 0 Å². The first kappa shape index (κ1) is 22.2. The van der Waals surface area contributed by atoms with E-state index in [0.717, 1.165) is 16.7 Å². The van der Waals surface area contributed by atoms with Crippen LogP contribution in [0.15, 0.2) is 60.7 Å². The highest BCUT2D eigenvalue weighted by molar-refractivity contribution is 6.30. The Morgan fingerprint density at radius 1 is 0.968 bits per heavy atom. The molecule has 0 saturated carbocycles. The van der Waals surface area contributed by atoms with Crippen molar-refractivity contribution in [3.05, 3.63) is 76.8 Å². The lowest BCUT2D eigenvalue weighted by Gasteiger charge is -2.19. The van der Waals surface area contributed by atoms with E-state index in [-0.39, 0.29) is 5.91 Å². The number of amides is 1. The number of rotatable bonds is 6. The molecule has 5 nitrogen and oxygen atoms in total. The van der Waals surface area contributed by atoms with Gasteiger partial charge < -0.3 is 14.8 Å². The Bertz CT molecular complexity index is 1170. The maximum absolute atomic E-state index is 12.9. The summed E-state index contributed by atoms with van der Waals surface area (Å²) in [5.41, 5.74) is 2.80. The summed E-state index contributed by atoms with van der Waals surface area (Å²) >= 11 is 6.16. The lowest BCUT2D eigenvalue weighted by molar-refractivity contribution is 0.102. The van der Waals surface area contributed by atoms with Crippen LogP contribution < -0.4 is 14.8 Å². The average Bonchev–Trinajstić information content (AvgIpc) is 2.78. The van der Waals surface area contributed by atoms with Crippen LogP contribution in [0.2, 0.25) is 5.02 Å². The zero-order valence-electron chi connectivity index (χ0n) is 17.8. The lowest BCUT2D eigenvalue weighted by atomic mass is 9.84. The van der Waals surface area contributed by atoms with E-state index in [1.54, 1.807) is 24.3 Å². The third kappa shape index (κ3) is 4.99. The molecular weight excluding hydrogens is 412 g/mol. The zero-order valence-corrected chi connectivity index (χ0v) is 18.6. The number of carbonyl (C=O) groups is 1. The maximum Gasteiger partial charge on any atom is 0.255 e. The largest absolute Gasteiger partial charge is 0.493 e.